The van der Waals surface area contributed by atoms with E-state index in [0.717, 1.165) is 22.8 Å². The number of aromatic nitrogens is 4. The molecule has 2 aromatic heterocycles. The molecule has 0 aliphatic heterocycles. The minimum Gasteiger partial charge on any atom is -0.282 e. The number of hydrogen-bond donors (Lipinski definition) is 2. The first-order valence-corrected chi connectivity index (χ1v) is 13.6. The zero-order valence-corrected chi connectivity index (χ0v) is 21.5. The van der Waals surface area contributed by atoms with Crippen LogP contribution in [0.3, 0.4) is 0 Å². The second-order valence-corrected chi connectivity index (χ2v) is 11.2. The monoisotopic (exact) mass is 528 g/mol. The molecule has 0 unspecified atom stereocenters. The predicted octanol–water partition coefficient (Wildman–Crippen LogP) is 3.96. The van der Waals surface area contributed by atoms with Gasteiger partial charge in [0.2, 0.25) is 0 Å². The molecule has 0 atom stereocenters. The molecular formula is C24H24N4O6S2. The van der Waals surface area contributed by atoms with Crippen LogP contribution in [0.15, 0.2) is 58.3 Å². The van der Waals surface area contributed by atoms with Crippen LogP contribution in [0.5, 0.6) is 0 Å². The Morgan fingerprint density at radius 2 is 1.00 bits per heavy atom. The molecular weight excluding hydrogens is 504 g/mol. The fraction of sp³-hybridized carbons (Fsp3) is 0.167. The lowest BCUT2D eigenvalue weighted by molar-refractivity contribution is 0.480. The van der Waals surface area contributed by atoms with E-state index in [4.69, 9.17) is 0 Å². The maximum Gasteiger partial charge on any atom is 0.295 e. The van der Waals surface area contributed by atoms with Gasteiger partial charge in [-0.05, 0) is 75.2 Å². The summed E-state index contributed by atoms with van der Waals surface area (Å²) in [5, 5.41) is 8.65. The fourth-order valence-electron chi connectivity index (χ4n) is 3.99. The molecule has 0 aliphatic rings. The molecule has 188 valence electrons. The van der Waals surface area contributed by atoms with E-state index in [2.05, 4.69) is 10.2 Å². The van der Waals surface area contributed by atoms with Gasteiger partial charge in [0.25, 0.3) is 20.2 Å². The maximum absolute atomic E-state index is 12.1. The fourth-order valence-corrected chi connectivity index (χ4v) is 5.40. The topological polar surface area (TPSA) is 144 Å². The Morgan fingerprint density at radius 3 is 1.28 bits per heavy atom. The summed E-state index contributed by atoms with van der Waals surface area (Å²) in [6.45, 7) is 7.23. The SMILES string of the molecule is Cc1cc(C)n(-c2ccc(/C=C/c3ccc(-n4nc(C)cc4C)cc3S(=O)(=O)O)c(S(=O)(=O)O)c2)n1. The average molecular weight is 529 g/mol. The predicted molar refractivity (Wildman–Crippen MR) is 135 cm³/mol. The first-order valence-electron chi connectivity index (χ1n) is 10.7. The number of aryl methyl sites for hydroxylation is 4. The van der Waals surface area contributed by atoms with Crippen molar-refractivity contribution in [1.82, 2.24) is 19.6 Å². The second kappa shape index (κ2) is 9.13. The van der Waals surface area contributed by atoms with Gasteiger partial charge in [-0.15, -0.1) is 0 Å². The lowest BCUT2D eigenvalue weighted by atomic mass is 10.1. The van der Waals surface area contributed by atoms with E-state index in [0.29, 0.717) is 11.4 Å². The summed E-state index contributed by atoms with van der Waals surface area (Å²) in [5.74, 6) is 0. The van der Waals surface area contributed by atoms with Gasteiger partial charge in [-0.1, -0.05) is 24.3 Å². The van der Waals surface area contributed by atoms with Crippen LogP contribution in [0, 0.1) is 27.7 Å². The highest BCUT2D eigenvalue weighted by atomic mass is 32.2. The van der Waals surface area contributed by atoms with Crippen LogP contribution in [-0.2, 0) is 20.2 Å². The molecule has 0 bridgehead atoms. The highest BCUT2D eigenvalue weighted by Crippen LogP contribution is 2.26. The quantitative estimate of drug-likeness (QED) is 0.283. The van der Waals surface area contributed by atoms with E-state index in [1.165, 1.54) is 36.4 Å². The van der Waals surface area contributed by atoms with Crippen molar-refractivity contribution < 1.29 is 25.9 Å². The molecule has 10 nitrogen and oxygen atoms in total. The van der Waals surface area contributed by atoms with Gasteiger partial charge in [0.05, 0.1) is 22.8 Å². The molecule has 36 heavy (non-hydrogen) atoms. The van der Waals surface area contributed by atoms with E-state index < -0.39 is 20.2 Å². The summed E-state index contributed by atoms with van der Waals surface area (Å²) in [5.41, 5.74) is 4.13. The average Bonchev–Trinajstić information content (AvgIpc) is 3.30. The Bertz CT molecular complexity index is 1600. The Balaban J connectivity index is 1.81. The van der Waals surface area contributed by atoms with Crippen LogP contribution in [-0.4, -0.2) is 45.5 Å². The lowest BCUT2D eigenvalue weighted by Gasteiger charge is -2.10. The van der Waals surface area contributed by atoms with Gasteiger partial charge in [-0.3, -0.25) is 9.11 Å². The van der Waals surface area contributed by atoms with Gasteiger partial charge in [-0.25, -0.2) is 9.36 Å². The summed E-state index contributed by atoms with van der Waals surface area (Å²) in [7, 11) is -9.26. The molecule has 0 amide bonds. The van der Waals surface area contributed by atoms with Gasteiger partial charge >= 0.3 is 0 Å². The summed E-state index contributed by atoms with van der Waals surface area (Å²) in [6, 6.07) is 12.4. The molecule has 2 N–H and O–H groups in total. The molecule has 4 aromatic rings. The third kappa shape index (κ3) is 5.16. The normalized spacial score (nSPS) is 12.5. The highest BCUT2D eigenvalue weighted by molar-refractivity contribution is 7.86. The third-order valence-electron chi connectivity index (χ3n) is 5.50. The minimum absolute atomic E-state index is 0.117. The van der Waals surface area contributed by atoms with Gasteiger partial charge in [0.1, 0.15) is 9.79 Å². The summed E-state index contributed by atoms with van der Waals surface area (Å²) in [6.07, 6.45) is 2.70. The van der Waals surface area contributed by atoms with Crippen LogP contribution in [0.25, 0.3) is 23.5 Å². The Labute approximate surface area is 209 Å². The molecule has 0 fully saturated rings. The molecule has 0 saturated carbocycles. The van der Waals surface area contributed by atoms with E-state index in [1.807, 2.05) is 26.0 Å². The van der Waals surface area contributed by atoms with Crippen molar-refractivity contribution in [1.29, 1.82) is 0 Å². The highest BCUT2D eigenvalue weighted by Gasteiger charge is 2.19. The van der Waals surface area contributed by atoms with Crippen molar-refractivity contribution in [3.63, 3.8) is 0 Å². The third-order valence-corrected chi connectivity index (χ3v) is 7.32. The zero-order chi connectivity index (χ0) is 26.4. The Morgan fingerprint density at radius 1 is 0.639 bits per heavy atom. The van der Waals surface area contributed by atoms with E-state index in [1.54, 1.807) is 35.3 Å². The molecule has 4 rings (SSSR count). The minimum atomic E-state index is -4.63. The molecule has 0 aliphatic carbocycles. The van der Waals surface area contributed by atoms with Crippen LogP contribution in [0.4, 0.5) is 0 Å². The van der Waals surface area contributed by atoms with Crippen molar-refractivity contribution in [2.45, 2.75) is 37.5 Å². The van der Waals surface area contributed by atoms with E-state index in [-0.39, 0.29) is 20.9 Å². The van der Waals surface area contributed by atoms with Gasteiger partial charge in [0, 0.05) is 11.4 Å². The Hall–Kier alpha value is -3.58. The molecule has 0 radical (unpaired) electrons. The van der Waals surface area contributed by atoms with Crippen LogP contribution in [0.2, 0.25) is 0 Å². The van der Waals surface area contributed by atoms with Crippen molar-refractivity contribution in [3.8, 4) is 11.4 Å². The van der Waals surface area contributed by atoms with Crippen LogP contribution in [0.1, 0.15) is 33.9 Å². The molecule has 0 saturated heterocycles. The van der Waals surface area contributed by atoms with E-state index in [9.17, 15) is 25.9 Å². The van der Waals surface area contributed by atoms with Gasteiger partial charge < -0.3 is 0 Å². The summed E-state index contributed by atoms with van der Waals surface area (Å²) in [4.78, 5) is -0.757. The van der Waals surface area contributed by atoms with Crippen molar-refractivity contribution in [3.05, 3.63) is 82.4 Å². The van der Waals surface area contributed by atoms with E-state index >= 15 is 0 Å². The molecule has 12 heteroatoms. The van der Waals surface area contributed by atoms with Crippen molar-refractivity contribution >= 4 is 32.4 Å². The second-order valence-electron chi connectivity index (χ2n) is 8.41. The number of benzene rings is 2. The van der Waals surface area contributed by atoms with Gasteiger partial charge in [-0.2, -0.15) is 27.0 Å². The first kappa shape index (κ1) is 25.5. The number of nitrogens with zero attached hydrogens (tertiary/aromatic N) is 4. The number of rotatable bonds is 6. The maximum atomic E-state index is 12.1. The van der Waals surface area contributed by atoms with Gasteiger partial charge in [0.15, 0.2) is 0 Å². The smallest absolute Gasteiger partial charge is 0.282 e. The zero-order valence-electron chi connectivity index (χ0n) is 19.9. The van der Waals surface area contributed by atoms with Crippen molar-refractivity contribution in [2.24, 2.45) is 0 Å². The van der Waals surface area contributed by atoms with Crippen LogP contribution < -0.4 is 0 Å². The molecule has 2 heterocycles. The van der Waals surface area contributed by atoms with Crippen molar-refractivity contribution in [2.75, 3.05) is 0 Å². The number of hydrogen-bond acceptors (Lipinski definition) is 6. The lowest BCUT2D eigenvalue weighted by Crippen LogP contribution is -2.06. The summed E-state index contributed by atoms with van der Waals surface area (Å²) < 4.78 is 71.4. The first-order chi connectivity index (χ1) is 16.7. The summed E-state index contributed by atoms with van der Waals surface area (Å²) >= 11 is 0. The Kier molecular flexibility index (Phi) is 6.47. The standard InChI is InChI=1S/C24H24N4O6S2/c1-15-11-17(3)27(25-15)21-9-7-19(23(13-21)35(29,30)31)5-6-20-8-10-22(14-24(20)36(32,33)34)28-18(4)12-16(2)26-28/h5-14H,1-4H3,(H,29,30,31)(H,32,33,34)/b6-5+. The largest absolute Gasteiger partial charge is 0.295 e. The molecule has 2 aromatic carbocycles. The molecule has 0 spiro atoms. The van der Waals surface area contributed by atoms with Crippen LogP contribution >= 0.6 is 0 Å².